The van der Waals surface area contributed by atoms with E-state index >= 15 is 0 Å². The lowest BCUT2D eigenvalue weighted by Crippen LogP contribution is -2.40. The van der Waals surface area contributed by atoms with Gasteiger partial charge < -0.3 is 10.2 Å². The number of hydrogen-bond donors (Lipinski definition) is 1. The van der Waals surface area contributed by atoms with Crippen molar-refractivity contribution in [3.05, 3.63) is 76.5 Å². The average Bonchev–Trinajstić information content (AvgIpc) is 3.25. The molecule has 0 atom stereocenters. The minimum Gasteiger partial charge on any atom is -0.329 e. The summed E-state index contributed by atoms with van der Waals surface area (Å²) in [5, 5.41) is 7.34. The molecular formula is C29H32F6N4O2. The van der Waals surface area contributed by atoms with E-state index in [2.05, 4.69) is 10.4 Å². The summed E-state index contributed by atoms with van der Waals surface area (Å²) in [6.45, 7) is 10.4. The number of nitrogens with zero attached hydrogens (tertiary/aromatic N) is 3. The molecule has 0 bridgehead atoms. The van der Waals surface area contributed by atoms with Crippen LogP contribution < -0.4 is 5.32 Å². The first-order chi connectivity index (χ1) is 18.8. The van der Waals surface area contributed by atoms with Gasteiger partial charge >= 0.3 is 12.4 Å². The van der Waals surface area contributed by atoms with Crippen molar-refractivity contribution in [1.82, 2.24) is 14.7 Å². The van der Waals surface area contributed by atoms with E-state index in [1.807, 2.05) is 45.9 Å². The van der Waals surface area contributed by atoms with E-state index in [0.29, 0.717) is 29.3 Å². The molecule has 222 valence electrons. The number of amides is 2. The predicted octanol–water partition coefficient (Wildman–Crippen LogP) is 7.25. The Hall–Kier alpha value is -3.83. The van der Waals surface area contributed by atoms with E-state index in [-0.39, 0.29) is 23.9 Å². The summed E-state index contributed by atoms with van der Waals surface area (Å²) in [5.41, 5.74) is -2.15. The Morgan fingerprint density at radius 3 is 2.00 bits per heavy atom. The highest BCUT2D eigenvalue weighted by Gasteiger charge is 2.38. The highest BCUT2D eigenvalue weighted by molar-refractivity contribution is 5.99. The van der Waals surface area contributed by atoms with Crippen LogP contribution in [0.5, 0.6) is 0 Å². The molecule has 0 unspecified atom stereocenters. The first kappa shape index (κ1) is 31.7. The van der Waals surface area contributed by atoms with E-state index in [9.17, 15) is 35.9 Å². The zero-order valence-electron chi connectivity index (χ0n) is 23.5. The predicted molar refractivity (Wildman–Crippen MR) is 143 cm³/mol. The molecule has 3 rings (SSSR count). The third-order valence-electron chi connectivity index (χ3n) is 6.03. The van der Waals surface area contributed by atoms with Gasteiger partial charge in [-0.1, -0.05) is 46.8 Å². The summed E-state index contributed by atoms with van der Waals surface area (Å²) in [7, 11) is 0. The molecule has 41 heavy (non-hydrogen) atoms. The van der Waals surface area contributed by atoms with Crippen LogP contribution >= 0.6 is 0 Å². The molecule has 2 aromatic carbocycles. The second-order valence-electron chi connectivity index (χ2n) is 11.3. The Morgan fingerprint density at radius 1 is 0.927 bits per heavy atom. The molecule has 2 amide bonds. The van der Waals surface area contributed by atoms with Crippen LogP contribution in [-0.4, -0.2) is 39.6 Å². The Kier molecular flexibility index (Phi) is 8.95. The van der Waals surface area contributed by atoms with Crippen LogP contribution in [-0.2, 0) is 22.6 Å². The molecule has 6 nitrogen and oxygen atoms in total. The molecule has 0 saturated heterocycles. The number of alkyl halides is 6. The lowest BCUT2D eigenvalue weighted by molar-refractivity contribution is -0.143. The minimum absolute atomic E-state index is 0.0461. The molecule has 0 aliphatic heterocycles. The summed E-state index contributed by atoms with van der Waals surface area (Å²) >= 11 is 0. The van der Waals surface area contributed by atoms with Crippen LogP contribution in [0.25, 0.3) is 5.69 Å². The van der Waals surface area contributed by atoms with E-state index < -0.39 is 47.4 Å². The van der Waals surface area contributed by atoms with Gasteiger partial charge in [-0.2, -0.15) is 31.4 Å². The first-order valence-corrected chi connectivity index (χ1v) is 12.8. The zero-order chi connectivity index (χ0) is 30.9. The summed E-state index contributed by atoms with van der Waals surface area (Å²) < 4.78 is 81.9. The Morgan fingerprint density at radius 2 is 1.51 bits per heavy atom. The molecule has 0 radical (unpaired) electrons. The van der Waals surface area contributed by atoms with Crippen molar-refractivity contribution in [2.45, 2.75) is 59.3 Å². The van der Waals surface area contributed by atoms with E-state index in [4.69, 9.17) is 0 Å². The fourth-order valence-electron chi connectivity index (χ4n) is 4.07. The minimum atomic E-state index is -5.12. The number of carbonyl (C=O) groups excluding carboxylic acids is 2. The first-order valence-electron chi connectivity index (χ1n) is 12.8. The van der Waals surface area contributed by atoms with E-state index in [0.717, 1.165) is 10.5 Å². The molecule has 1 heterocycles. The van der Waals surface area contributed by atoms with Crippen molar-refractivity contribution in [3.63, 3.8) is 0 Å². The van der Waals surface area contributed by atoms with Crippen LogP contribution in [0.4, 0.5) is 32.2 Å². The monoisotopic (exact) mass is 582 g/mol. The smallest absolute Gasteiger partial charge is 0.329 e. The van der Waals surface area contributed by atoms with Gasteiger partial charge in [0.25, 0.3) is 5.91 Å². The summed E-state index contributed by atoms with van der Waals surface area (Å²) in [5.74, 6) is -1.78. The molecule has 3 aromatic rings. The summed E-state index contributed by atoms with van der Waals surface area (Å²) in [6.07, 6.45) is -10.2. The molecule has 0 fully saturated rings. The maximum atomic E-state index is 13.4. The number of aryl methyl sites for hydroxylation is 1. The number of carbonyl (C=O) groups is 2. The third-order valence-corrected chi connectivity index (χ3v) is 6.03. The standard InChI is InChI=1S/C29H32F6N4O2/c1-17(2)15-38(26(41)19-11-20(28(30,31)32)13-21(12-19)29(33,34)35)16-25(40)36-24-14-23(27(4,5)6)37-39(24)22-9-7-8-18(3)10-22/h7-14,17H,15-16H2,1-6H3,(H,36,40). The van der Waals surface area contributed by atoms with Gasteiger partial charge in [-0.05, 0) is 48.7 Å². The summed E-state index contributed by atoms with van der Waals surface area (Å²) in [4.78, 5) is 27.4. The highest BCUT2D eigenvalue weighted by Crippen LogP contribution is 2.36. The number of aromatic nitrogens is 2. The Balaban J connectivity index is 1.97. The van der Waals surface area contributed by atoms with Gasteiger partial charge in [0.2, 0.25) is 5.91 Å². The SMILES string of the molecule is Cc1cccc(-n2nc(C(C)(C)C)cc2NC(=O)CN(CC(C)C)C(=O)c2cc(C(F)(F)F)cc(C(F)(F)F)c2)c1. The van der Waals surface area contributed by atoms with Gasteiger partial charge in [0.05, 0.1) is 22.5 Å². The second kappa shape index (κ2) is 11.6. The van der Waals surface area contributed by atoms with Gasteiger partial charge in [-0.15, -0.1) is 0 Å². The molecule has 0 spiro atoms. The van der Waals surface area contributed by atoms with Crippen molar-refractivity contribution in [3.8, 4) is 5.69 Å². The normalized spacial score (nSPS) is 12.5. The maximum Gasteiger partial charge on any atom is 0.416 e. The molecule has 0 aliphatic rings. The molecule has 12 heteroatoms. The van der Waals surface area contributed by atoms with Crippen molar-refractivity contribution >= 4 is 17.6 Å². The van der Waals surface area contributed by atoms with Crippen molar-refractivity contribution in [2.24, 2.45) is 5.92 Å². The van der Waals surface area contributed by atoms with Gasteiger partial charge in [0.1, 0.15) is 12.4 Å². The molecule has 0 aliphatic carbocycles. The quantitative estimate of drug-likeness (QED) is 0.299. The van der Waals surface area contributed by atoms with Crippen molar-refractivity contribution in [2.75, 3.05) is 18.4 Å². The van der Waals surface area contributed by atoms with Gasteiger partial charge in [-0.3, -0.25) is 9.59 Å². The van der Waals surface area contributed by atoms with Crippen LogP contribution in [0.2, 0.25) is 0 Å². The Labute approximate surface area is 234 Å². The number of halogens is 6. The van der Waals surface area contributed by atoms with Crippen LogP contribution in [0.15, 0.2) is 48.5 Å². The van der Waals surface area contributed by atoms with Gasteiger partial charge in [-0.25, -0.2) is 4.68 Å². The lowest BCUT2D eigenvalue weighted by Gasteiger charge is -2.25. The molecule has 0 saturated carbocycles. The van der Waals surface area contributed by atoms with Crippen molar-refractivity contribution in [1.29, 1.82) is 0 Å². The number of benzene rings is 2. The topological polar surface area (TPSA) is 67.2 Å². The van der Waals surface area contributed by atoms with Gasteiger partial charge in [0, 0.05) is 23.6 Å². The van der Waals surface area contributed by atoms with Crippen LogP contribution in [0.1, 0.15) is 67.4 Å². The zero-order valence-corrected chi connectivity index (χ0v) is 23.5. The van der Waals surface area contributed by atoms with Crippen molar-refractivity contribution < 1.29 is 35.9 Å². The number of rotatable bonds is 7. The fourth-order valence-corrected chi connectivity index (χ4v) is 4.07. The second-order valence-corrected chi connectivity index (χ2v) is 11.3. The largest absolute Gasteiger partial charge is 0.416 e. The number of anilines is 1. The lowest BCUT2D eigenvalue weighted by atomic mass is 9.92. The molecule has 1 N–H and O–H groups in total. The van der Waals surface area contributed by atoms with E-state index in [1.54, 1.807) is 26.0 Å². The van der Waals surface area contributed by atoms with E-state index in [1.165, 1.54) is 4.68 Å². The van der Waals surface area contributed by atoms with Gasteiger partial charge in [0.15, 0.2) is 0 Å². The summed E-state index contributed by atoms with van der Waals surface area (Å²) in [6, 6.07) is 9.73. The number of hydrogen-bond acceptors (Lipinski definition) is 3. The maximum absolute atomic E-state index is 13.4. The highest BCUT2D eigenvalue weighted by atomic mass is 19.4. The van der Waals surface area contributed by atoms with Crippen LogP contribution in [0.3, 0.4) is 0 Å². The molecular weight excluding hydrogens is 550 g/mol. The Bertz CT molecular complexity index is 1390. The third kappa shape index (κ3) is 8.11. The average molecular weight is 583 g/mol. The fraction of sp³-hybridized carbons (Fsp3) is 0.414. The van der Waals surface area contributed by atoms with Crippen LogP contribution in [0, 0.1) is 12.8 Å². The number of nitrogens with one attached hydrogen (secondary N) is 1. The molecule has 1 aromatic heterocycles.